The minimum atomic E-state index is -0.568. The average Bonchev–Trinajstić information content (AvgIpc) is 3.70. The van der Waals surface area contributed by atoms with Gasteiger partial charge in [0.15, 0.2) is 0 Å². The number of aliphatic hydroxyl groups is 1. The number of β-amino-alcohol motifs (C(OH)–C–C–N with tert-alkyl or cyclic N) is 1. The van der Waals surface area contributed by atoms with Gasteiger partial charge in [-0.05, 0) is 23.6 Å². The van der Waals surface area contributed by atoms with Crippen LogP contribution < -0.4 is 4.74 Å². The molecule has 3 aromatic heterocycles. The quantitative estimate of drug-likeness (QED) is 0.293. The molecule has 0 amide bonds. The van der Waals surface area contributed by atoms with E-state index >= 15 is 0 Å². The van der Waals surface area contributed by atoms with Gasteiger partial charge in [0.1, 0.15) is 23.5 Å². The van der Waals surface area contributed by atoms with Gasteiger partial charge in [-0.1, -0.05) is 41.6 Å². The first-order valence-electron chi connectivity index (χ1n) is 12.3. The van der Waals surface area contributed by atoms with Crippen LogP contribution in [-0.4, -0.2) is 75.5 Å². The Morgan fingerprint density at radius 1 is 0.973 bits per heavy atom. The fraction of sp³-hybridized carbons (Fsp3) is 0.296. The summed E-state index contributed by atoms with van der Waals surface area (Å²) < 4.78 is 12.5. The Morgan fingerprint density at radius 2 is 1.81 bits per heavy atom. The molecule has 4 heterocycles. The lowest BCUT2D eigenvalue weighted by Crippen LogP contribution is -2.48. The first-order valence-corrected chi connectivity index (χ1v) is 14.0. The zero-order valence-electron chi connectivity index (χ0n) is 20.2. The van der Waals surface area contributed by atoms with Crippen molar-refractivity contribution in [1.82, 2.24) is 24.9 Å². The minimum absolute atomic E-state index is 0.245. The van der Waals surface area contributed by atoms with Gasteiger partial charge in [-0.3, -0.25) is 9.80 Å². The van der Waals surface area contributed by atoms with Gasteiger partial charge in [0.05, 0.1) is 21.6 Å². The topological polar surface area (TPSA) is 87.8 Å². The number of nitrogens with zero attached hydrogens (tertiary/aromatic N) is 5. The Labute approximate surface area is 222 Å². The number of ether oxygens (including phenoxy) is 1. The highest BCUT2D eigenvalue weighted by molar-refractivity contribution is 7.21. The summed E-state index contributed by atoms with van der Waals surface area (Å²) >= 11 is 3.27. The summed E-state index contributed by atoms with van der Waals surface area (Å²) in [5.41, 5.74) is 2.03. The van der Waals surface area contributed by atoms with Crippen molar-refractivity contribution in [3.8, 4) is 27.0 Å². The molecule has 1 unspecified atom stereocenters. The molecule has 10 heteroatoms. The molecule has 1 N–H and O–H groups in total. The predicted molar refractivity (Wildman–Crippen MR) is 146 cm³/mol. The first-order chi connectivity index (χ1) is 18.2. The summed E-state index contributed by atoms with van der Waals surface area (Å²) in [6.07, 6.45) is -0.568. The fourth-order valence-electron chi connectivity index (χ4n) is 4.39. The number of fused-ring (bicyclic) bond motifs is 1. The third-order valence-corrected chi connectivity index (χ3v) is 8.28. The molecule has 37 heavy (non-hydrogen) atoms. The zero-order chi connectivity index (χ0) is 25.0. The van der Waals surface area contributed by atoms with Crippen LogP contribution in [0.5, 0.6) is 5.75 Å². The maximum atomic E-state index is 10.6. The normalized spacial score (nSPS) is 15.8. The molecule has 0 spiro atoms. The van der Waals surface area contributed by atoms with Crippen LogP contribution in [0.4, 0.5) is 0 Å². The Kier molecular flexibility index (Phi) is 7.25. The number of piperazine rings is 1. The van der Waals surface area contributed by atoms with Gasteiger partial charge in [0.25, 0.3) is 0 Å². The zero-order valence-corrected chi connectivity index (χ0v) is 21.8. The molecule has 5 aromatic rings. The lowest BCUT2D eigenvalue weighted by Gasteiger charge is -2.34. The van der Waals surface area contributed by atoms with E-state index in [1.807, 2.05) is 53.9 Å². The molecule has 190 valence electrons. The van der Waals surface area contributed by atoms with Crippen LogP contribution in [-0.2, 0) is 6.54 Å². The van der Waals surface area contributed by atoms with Gasteiger partial charge in [-0.15, -0.1) is 22.7 Å². The van der Waals surface area contributed by atoms with Gasteiger partial charge in [0.2, 0.25) is 11.7 Å². The van der Waals surface area contributed by atoms with Crippen molar-refractivity contribution in [2.45, 2.75) is 12.6 Å². The van der Waals surface area contributed by atoms with Crippen LogP contribution in [0, 0.1) is 0 Å². The molecular formula is C27H27N5O3S2. The number of hydrogen-bond donors (Lipinski definition) is 1. The van der Waals surface area contributed by atoms with Crippen LogP contribution in [0.2, 0.25) is 0 Å². The van der Waals surface area contributed by atoms with Crippen molar-refractivity contribution in [3.63, 3.8) is 0 Å². The van der Waals surface area contributed by atoms with Crippen LogP contribution >= 0.6 is 22.7 Å². The van der Waals surface area contributed by atoms with E-state index < -0.39 is 6.10 Å². The van der Waals surface area contributed by atoms with Crippen molar-refractivity contribution in [1.29, 1.82) is 0 Å². The first kappa shape index (κ1) is 24.2. The second kappa shape index (κ2) is 11.1. The monoisotopic (exact) mass is 533 g/mol. The van der Waals surface area contributed by atoms with Gasteiger partial charge >= 0.3 is 0 Å². The molecule has 1 aliphatic rings. The maximum Gasteiger partial charge on any atom is 0.241 e. The number of thiazole rings is 1. The molecule has 8 nitrogen and oxygen atoms in total. The third kappa shape index (κ3) is 5.89. The van der Waals surface area contributed by atoms with E-state index in [4.69, 9.17) is 14.2 Å². The van der Waals surface area contributed by atoms with E-state index in [9.17, 15) is 5.11 Å². The second-order valence-corrected chi connectivity index (χ2v) is 11.0. The Bertz CT molecular complexity index is 1430. The number of aliphatic hydroxyl groups excluding tert-OH is 1. The van der Waals surface area contributed by atoms with Crippen molar-refractivity contribution < 1.29 is 14.4 Å². The molecule has 1 atom stereocenters. The summed E-state index contributed by atoms with van der Waals surface area (Å²) in [6, 6.07) is 20.1. The highest BCUT2D eigenvalue weighted by atomic mass is 32.1. The van der Waals surface area contributed by atoms with Gasteiger partial charge in [-0.2, -0.15) is 4.98 Å². The average molecular weight is 534 g/mol. The lowest BCUT2D eigenvalue weighted by atomic mass is 10.2. The number of hydrogen-bond acceptors (Lipinski definition) is 10. The molecule has 6 rings (SSSR count). The number of aromatic nitrogens is 3. The van der Waals surface area contributed by atoms with E-state index in [0.29, 0.717) is 24.8 Å². The molecule has 1 saturated heterocycles. The van der Waals surface area contributed by atoms with Gasteiger partial charge in [-0.25, -0.2) is 4.98 Å². The summed E-state index contributed by atoms with van der Waals surface area (Å²) in [5.74, 6) is 2.01. The molecule has 1 fully saturated rings. The minimum Gasteiger partial charge on any atom is -0.491 e. The van der Waals surface area contributed by atoms with E-state index in [0.717, 1.165) is 57.6 Å². The number of thiophene rings is 1. The maximum absolute atomic E-state index is 10.6. The Balaban J connectivity index is 0.961. The predicted octanol–water partition coefficient (Wildman–Crippen LogP) is 4.63. The van der Waals surface area contributed by atoms with E-state index in [-0.39, 0.29) is 6.61 Å². The third-order valence-electron chi connectivity index (χ3n) is 6.32. The van der Waals surface area contributed by atoms with Crippen molar-refractivity contribution in [3.05, 3.63) is 71.9 Å². The largest absolute Gasteiger partial charge is 0.491 e. The van der Waals surface area contributed by atoms with Crippen LogP contribution in [0.15, 0.2) is 70.6 Å². The van der Waals surface area contributed by atoms with Crippen molar-refractivity contribution in [2.24, 2.45) is 0 Å². The molecule has 0 aliphatic carbocycles. The SMILES string of the molecule is OC(COc1ccc2sc(-c3ccccc3)nc2c1)CN1CCN(Cc2nc(-c3cccs3)no2)CC1. The van der Waals surface area contributed by atoms with E-state index in [2.05, 4.69) is 32.1 Å². The molecule has 1 aliphatic heterocycles. The van der Waals surface area contributed by atoms with Crippen molar-refractivity contribution in [2.75, 3.05) is 39.3 Å². The molecule has 0 saturated carbocycles. The van der Waals surface area contributed by atoms with E-state index in [1.165, 1.54) is 0 Å². The van der Waals surface area contributed by atoms with Crippen LogP contribution in [0.3, 0.4) is 0 Å². The molecular weight excluding hydrogens is 506 g/mol. The van der Waals surface area contributed by atoms with E-state index in [1.54, 1.807) is 22.7 Å². The van der Waals surface area contributed by atoms with Gasteiger partial charge < -0.3 is 14.4 Å². The second-order valence-electron chi connectivity index (χ2n) is 9.05. The molecule has 0 radical (unpaired) electrons. The smallest absolute Gasteiger partial charge is 0.241 e. The summed E-state index contributed by atoms with van der Waals surface area (Å²) in [4.78, 5) is 14.9. The standard InChI is InChI=1S/C27H27N5O3S2/c33-20(18-34-21-8-9-23-22(15-21)28-27(37-23)19-5-2-1-3-6-19)16-31-10-12-32(13-11-31)17-25-29-26(30-35-25)24-7-4-14-36-24/h1-9,14-15,20,33H,10-13,16-18H2. The summed E-state index contributed by atoms with van der Waals surface area (Å²) in [6.45, 7) is 4.97. The lowest BCUT2D eigenvalue weighted by molar-refractivity contribution is 0.0426. The number of benzene rings is 2. The molecule has 0 bridgehead atoms. The summed E-state index contributed by atoms with van der Waals surface area (Å²) in [5, 5.41) is 17.7. The number of rotatable bonds is 9. The van der Waals surface area contributed by atoms with Crippen molar-refractivity contribution >= 4 is 32.9 Å². The highest BCUT2D eigenvalue weighted by Crippen LogP contribution is 2.32. The van der Waals surface area contributed by atoms with Gasteiger partial charge in [0, 0.05) is 44.4 Å². The van der Waals surface area contributed by atoms with Crippen LogP contribution in [0.1, 0.15) is 5.89 Å². The summed E-state index contributed by atoms with van der Waals surface area (Å²) in [7, 11) is 0. The Hall–Kier alpha value is -3.15. The highest BCUT2D eigenvalue weighted by Gasteiger charge is 2.21. The van der Waals surface area contributed by atoms with Crippen LogP contribution in [0.25, 0.3) is 31.5 Å². The Morgan fingerprint density at radius 3 is 2.62 bits per heavy atom. The molecule has 2 aromatic carbocycles. The fourth-order valence-corrected chi connectivity index (χ4v) is 5.99.